The Hall–Kier alpha value is -2.75. The first-order valence-electron chi connectivity index (χ1n) is 7.08. The number of nitrogens with one attached hydrogen (secondary N) is 3. The third kappa shape index (κ3) is 4.16. The van der Waals surface area contributed by atoms with Gasteiger partial charge in [0.1, 0.15) is 6.33 Å². The molecule has 126 valence electrons. The second-order valence-corrected chi connectivity index (χ2v) is 5.52. The SMILES string of the molecule is CCCNc1ncnc(NNC(=O)c2ccccc2Br)c1[N+](=O)[O-]. The first kappa shape index (κ1) is 17.6. The summed E-state index contributed by atoms with van der Waals surface area (Å²) in [6.07, 6.45) is 1.96. The molecule has 0 aliphatic rings. The van der Waals surface area contributed by atoms with E-state index in [4.69, 9.17) is 0 Å². The van der Waals surface area contributed by atoms with E-state index in [1.165, 1.54) is 6.33 Å². The van der Waals surface area contributed by atoms with Gasteiger partial charge in [-0.25, -0.2) is 9.97 Å². The first-order valence-corrected chi connectivity index (χ1v) is 7.88. The predicted molar refractivity (Wildman–Crippen MR) is 92.7 cm³/mol. The Balaban J connectivity index is 2.19. The highest BCUT2D eigenvalue weighted by Crippen LogP contribution is 2.28. The maximum absolute atomic E-state index is 12.1. The number of amides is 1. The van der Waals surface area contributed by atoms with Gasteiger partial charge < -0.3 is 5.32 Å². The van der Waals surface area contributed by atoms with Crippen molar-refractivity contribution in [2.24, 2.45) is 0 Å². The van der Waals surface area contributed by atoms with Gasteiger partial charge in [-0.15, -0.1) is 0 Å². The van der Waals surface area contributed by atoms with Crippen molar-refractivity contribution in [3.8, 4) is 0 Å². The molecule has 3 N–H and O–H groups in total. The molecule has 2 rings (SSSR count). The summed E-state index contributed by atoms with van der Waals surface area (Å²) < 4.78 is 0.604. The Morgan fingerprint density at radius 2 is 2.00 bits per heavy atom. The monoisotopic (exact) mass is 394 g/mol. The van der Waals surface area contributed by atoms with E-state index in [-0.39, 0.29) is 17.3 Å². The lowest BCUT2D eigenvalue weighted by atomic mass is 10.2. The number of aromatic nitrogens is 2. The summed E-state index contributed by atoms with van der Waals surface area (Å²) in [5.41, 5.74) is 4.92. The van der Waals surface area contributed by atoms with Gasteiger partial charge in [0, 0.05) is 11.0 Å². The van der Waals surface area contributed by atoms with E-state index in [0.29, 0.717) is 16.6 Å². The Morgan fingerprint density at radius 1 is 1.29 bits per heavy atom. The number of nitrogens with zero attached hydrogens (tertiary/aromatic N) is 3. The number of anilines is 2. The molecule has 0 fully saturated rings. The van der Waals surface area contributed by atoms with Crippen molar-refractivity contribution in [2.45, 2.75) is 13.3 Å². The third-order valence-electron chi connectivity index (χ3n) is 2.96. The molecule has 0 atom stereocenters. The number of hydrogen-bond acceptors (Lipinski definition) is 7. The van der Waals surface area contributed by atoms with Crippen LogP contribution in [0.4, 0.5) is 17.3 Å². The number of benzene rings is 1. The topological polar surface area (TPSA) is 122 Å². The summed E-state index contributed by atoms with van der Waals surface area (Å²) in [4.78, 5) is 30.5. The van der Waals surface area contributed by atoms with Gasteiger partial charge in [0.15, 0.2) is 0 Å². The summed E-state index contributed by atoms with van der Waals surface area (Å²) in [7, 11) is 0. The minimum Gasteiger partial charge on any atom is -0.364 e. The fourth-order valence-corrected chi connectivity index (χ4v) is 2.31. The van der Waals surface area contributed by atoms with Crippen LogP contribution in [-0.2, 0) is 0 Å². The van der Waals surface area contributed by atoms with Crippen LogP contribution in [0.5, 0.6) is 0 Å². The number of hydrazine groups is 1. The van der Waals surface area contributed by atoms with Crippen LogP contribution >= 0.6 is 15.9 Å². The molecule has 0 saturated carbocycles. The molecule has 2 aromatic rings. The van der Waals surface area contributed by atoms with Crippen LogP contribution in [-0.4, -0.2) is 27.3 Å². The molecule has 0 unspecified atom stereocenters. The Kier molecular flexibility index (Phi) is 6.01. The van der Waals surface area contributed by atoms with Crippen LogP contribution in [0.15, 0.2) is 35.1 Å². The summed E-state index contributed by atoms with van der Waals surface area (Å²) in [5, 5.41) is 14.2. The van der Waals surface area contributed by atoms with Crippen LogP contribution in [0.3, 0.4) is 0 Å². The van der Waals surface area contributed by atoms with Crippen molar-refractivity contribution in [2.75, 3.05) is 17.3 Å². The lowest BCUT2D eigenvalue weighted by molar-refractivity contribution is -0.383. The van der Waals surface area contributed by atoms with E-state index < -0.39 is 10.8 Å². The van der Waals surface area contributed by atoms with Crippen molar-refractivity contribution < 1.29 is 9.72 Å². The van der Waals surface area contributed by atoms with Crippen molar-refractivity contribution in [1.29, 1.82) is 0 Å². The van der Waals surface area contributed by atoms with E-state index in [0.717, 1.165) is 6.42 Å². The molecule has 0 aliphatic heterocycles. The maximum atomic E-state index is 12.1. The second-order valence-electron chi connectivity index (χ2n) is 4.66. The van der Waals surface area contributed by atoms with Gasteiger partial charge >= 0.3 is 5.69 Å². The van der Waals surface area contributed by atoms with Gasteiger partial charge in [-0.05, 0) is 34.5 Å². The minimum absolute atomic E-state index is 0.0921. The highest BCUT2D eigenvalue weighted by Gasteiger charge is 2.23. The first-order chi connectivity index (χ1) is 11.5. The number of carbonyl (C=O) groups excluding carboxylic acids is 1. The quantitative estimate of drug-likeness (QED) is 0.487. The Labute approximate surface area is 146 Å². The van der Waals surface area contributed by atoms with Crippen LogP contribution in [0.25, 0.3) is 0 Å². The molecule has 0 saturated heterocycles. The normalized spacial score (nSPS) is 10.1. The zero-order valence-electron chi connectivity index (χ0n) is 12.7. The smallest absolute Gasteiger partial charge is 0.354 e. The fourth-order valence-electron chi connectivity index (χ4n) is 1.84. The van der Waals surface area contributed by atoms with Gasteiger partial charge in [-0.1, -0.05) is 19.1 Å². The number of carbonyl (C=O) groups is 1. The molecule has 0 bridgehead atoms. The highest BCUT2D eigenvalue weighted by molar-refractivity contribution is 9.10. The molecule has 1 aromatic heterocycles. The molecular weight excluding hydrogens is 380 g/mol. The number of rotatable bonds is 7. The number of nitro groups is 1. The van der Waals surface area contributed by atoms with Crippen LogP contribution < -0.4 is 16.2 Å². The summed E-state index contributed by atoms with van der Waals surface area (Å²) in [6.45, 7) is 2.46. The van der Waals surface area contributed by atoms with Gasteiger partial charge in [0.25, 0.3) is 5.91 Å². The molecule has 24 heavy (non-hydrogen) atoms. The molecule has 1 heterocycles. The van der Waals surface area contributed by atoms with Gasteiger partial charge in [0.2, 0.25) is 11.6 Å². The van der Waals surface area contributed by atoms with E-state index >= 15 is 0 Å². The molecule has 0 spiro atoms. The van der Waals surface area contributed by atoms with E-state index in [2.05, 4.69) is 42.1 Å². The maximum Gasteiger partial charge on any atom is 0.354 e. The zero-order valence-corrected chi connectivity index (χ0v) is 14.3. The van der Waals surface area contributed by atoms with Gasteiger partial charge in [0.05, 0.1) is 10.5 Å². The van der Waals surface area contributed by atoms with Crippen LogP contribution in [0.1, 0.15) is 23.7 Å². The summed E-state index contributed by atoms with van der Waals surface area (Å²) >= 11 is 3.27. The molecule has 0 radical (unpaired) electrons. The standard InChI is InChI=1S/C14H15BrN6O3/c1-2-7-16-12-11(21(23)24)13(18-8-17-12)19-20-14(22)9-5-3-4-6-10(9)15/h3-6,8H,2,7H2,1H3,(H,20,22)(H2,16,17,18,19). The highest BCUT2D eigenvalue weighted by atomic mass is 79.9. The average Bonchev–Trinajstić information content (AvgIpc) is 2.57. The number of halogens is 1. The van der Waals surface area contributed by atoms with Crippen molar-refractivity contribution >= 4 is 39.2 Å². The van der Waals surface area contributed by atoms with E-state index in [9.17, 15) is 14.9 Å². The zero-order chi connectivity index (χ0) is 17.5. The van der Waals surface area contributed by atoms with Crippen LogP contribution in [0.2, 0.25) is 0 Å². The average molecular weight is 395 g/mol. The lowest BCUT2D eigenvalue weighted by Gasteiger charge is -2.11. The molecular formula is C14H15BrN6O3. The molecule has 10 heteroatoms. The van der Waals surface area contributed by atoms with Gasteiger partial charge in [-0.3, -0.25) is 25.8 Å². The summed E-state index contributed by atoms with van der Waals surface area (Å²) in [5.74, 6) is -0.470. The summed E-state index contributed by atoms with van der Waals surface area (Å²) in [6, 6.07) is 6.81. The Morgan fingerprint density at radius 3 is 2.67 bits per heavy atom. The molecule has 1 aromatic carbocycles. The van der Waals surface area contributed by atoms with Crippen molar-refractivity contribution in [3.05, 3.63) is 50.7 Å². The van der Waals surface area contributed by atoms with E-state index in [1.807, 2.05) is 6.92 Å². The minimum atomic E-state index is -0.606. The van der Waals surface area contributed by atoms with E-state index in [1.54, 1.807) is 24.3 Å². The van der Waals surface area contributed by atoms with Crippen LogP contribution in [0, 0.1) is 10.1 Å². The molecule has 1 amide bonds. The van der Waals surface area contributed by atoms with Crippen molar-refractivity contribution in [3.63, 3.8) is 0 Å². The lowest BCUT2D eigenvalue weighted by Crippen LogP contribution is -2.30. The molecule has 0 aliphatic carbocycles. The third-order valence-corrected chi connectivity index (χ3v) is 3.65. The second kappa shape index (κ2) is 8.20. The van der Waals surface area contributed by atoms with Crippen molar-refractivity contribution in [1.82, 2.24) is 15.4 Å². The molecule has 9 nitrogen and oxygen atoms in total. The number of hydrogen-bond donors (Lipinski definition) is 3. The predicted octanol–water partition coefficient (Wildman–Crippen LogP) is 2.73. The van der Waals surface area contributed by atoms with Gasteiger partial charge in [-0.2, -0.15) is 0 Å². The Bertz CT molecular complexity index is 755. The largest absolute Gasteiger partial charge is 0.364 e. The fraction of sp³-hybridized carbons (Fsp3) is 0.214.